The Kier molecular flexibility index (Phi) is 6.02. The molecule has 4 N–H and O–H groups in total. The van der Waals surface area contributed by atoms with Gasteiger partial charge >= 0.3 is 6.18 Å². The van der Waals surface area contributed by atoms with E-state index in [9.17, 15) is 13.2 Å². The fraction of sp³-hybridized carbons (Fsp3) is 0.381. The molecule has 4 rings (SSSR count). The molecule has 170 valence electrons. The Bertz CT molecular complexity index is 1060. The summed E-state index contributed by atoms with van der Waals surface area (Å²) in [6.45, 7) is 3.01. The minimum atomic E-state index is -4.35. The molecule has 3 heterocycles. The molecular weight excluding hydrogens is 421 g/mol. The van der Waals surface area contributed by atoms with Gasteiger partial charge < -0.3 is 16.4 Å². The molecule has 1 aromatic carbocycles. The molecule has 0 aliphatic carbocycles. The van der Waals surface area contributed by atoms with Crippen molar-refractivity contribution in [2.24, 2.45) is 12.8 Å². The van der Waals surface area contributed by atoms with Crippen LogP contribution in [0, 0.1) is 0 Å². The van der Waals surface area contributed by atoms with Gasteiger partial charge in [0, 0.05) is 57.6 Å². The Hall–Kier alpha value is -3.18. The number of anilines is 2. The summed E-state index contributed by atoms with van der Waals surface area (Å²) in [6, 6.07) is 5.08. The molecule has 0 amide bonds. The van der Waals surface area contributed by atoms with Crippen molar-refractivity contribution in [3.63, 3.8) is 0 Å². The first-order valence-electron chi connectivity index (χ1n) is 10.2. The number of aryl methyl sites for hydroxylation is 1. The molecule has 1 aliphatic heterocycles. The number of halogens is 3. The normalized spacial score (nSPS) is 16.3. The molecule has 0 bridgehead atoms. The maximum atomic E-state index is 12.9. The van der Waals surface area contributed by atoms with Gasteiger partial charge in [0.25, 0.3) is 0 Å². The molecule has 1 aliphatic rings. The summed E-state index contributed by atoms with van der Waals surface area (Å²) in [5.41, 5.74) is 13.9. The summed E-state index contributed by atoms with van der Waals surface area (Å²) in [5.74, 6) is 1.12. The maximum Gasteiger partial charge on any atom is 0.416 e. The number of hydrogen-bond donors (Lipinski definition) is 2. The first-order valence-corrected chi connectivity index (χ1v) is 10.2. The molecule has 0 spiro atoms. The maximum absolute atomic E-state index is 12.9. The summed E-state index contributed by atoms with van der Waals surface area (Å²) < 4.78 is 40.3. The van der Waals surface area contributed by atoms with Crippen LogP contribution in [0.4, 0.5) is 24.8 Å². The predicted octanol–water partition coefficient (Wildman–Crippen LogP) is 2.30. The van der Waals surface area contributed by atoms with Crippen molar-refractivity contribution in [3.05, 3.63) is 54.1 Å². The average molecular weight is 446 g/mol. The first-order chi connectivity index (χ1) is 15.3. The summed E-state index contributed by atoms with van der Waals surface area (Å²) in [6.07, 6.45) is 0.684. The summed E-state index contributed by atoms with van der Waals surface area (Å²) in [7, 11) is 1.83. The van der Waals surface area contributed by atoms with Crippen molar-refractivity contribution in [3.8, 4) is 11.1 Å². The number of benzene rings is 1. The Morgan fingerprint density at radius 3 is 2.31 bits per heavy atom. The SMILES string of the molecule is Cn1cc(-c2c(N)ncnc2N2CCN([C@H](CN)c3ccc(C(F)(F)F)cc3)CC2)cn1. The van der Waals surface area contributed by atoms with Crippen LogP contribution in [-0.4, -0.2) is 57.4 Å². The van der Waals surface area contributed by atoms with E-state index >= 15 is 0 Å². The van der Waals surface area contributed by atoms with Crippen LogP contribution in [0.5, 0.6) is 0 Å². The van der Waals surface area contributed by atoms with E-state index in [2.05, 4.69) is 24.9 Å². The van der Waals surface area contributed by atoms with Gasteiger partial charge in [-0.25, -0.2) is 9.97 Å². The largest absolute Gasteiger partial charge is 0.416 e. The average Bonchev–Trinajstić information content (AvgIpc) is 3.20. The van der Waals surface area contributed by atoms with Crippen LogP contribution in [0.3, 0.4) is 0 Å². The number of nitrogens with zero attached hydrogens (tertiary/aromatic N) is 6. The third kappa shape index (κ3) is 4.39. The van der Waals surface area contributed by atoms with Crippen molar-refractivity contribution in [2.75, 3.05) is 43.4 Å². The van der Waals surface area contributed by atoms with Gasteiger partial charge in [-0.2, -0.15) is 18.3 Å². The van der Waals surface area contributed by atoms with Crippen molar-refractivity contribution in [1.29, 1.82) is 0 Å². The second-order valence-corrected chi connectivity index (χ2v) is 7.75. The topological polar surface area (TPSA) is 102 Å². The van der Waals surface area contributed by atoms with E-state index in [-0.39, 0.29) is 6.04 Å². The number of nitrogen functional groups attached to an aromatic ring is 1. The minimum absolute atomic E-state index is 0.160. The zero-order valence-corrected chi connectivity index (χ0v) is 17.6. The molecule has 0 saturated carbocycles. The molecule has 2 aromatic heterocycles. The van der Waals surface area contributed by atoms with Crippen molar-refractivity contribution in [1.82, 2.24) is 24.6 Å². The second kappa shape index (κ2) is 8.75. The zero-order valence-electron chi connectivity index (χ0n) is 17.6. The van der Waals surface area contributed by atoms with Gasteiger partial charge in [0.1, 0.15) is 18.0 Å². The first kappa shape index (κ1) is 22.0. The van der Waals surface area contributed by atoms with E-state index < -0.39 is 11.7 Å². The smallest absolute Gasteiger partial charge is 0.383 e. The van der Waals surface area contributed by atoms with Crippen LogP contribution in [0.1, 0.15) is 17.2 Å². The highest BCUT2D eigenvalue weighted by atomic mass is 19.4. The number of hydrogen-bond acceptors (Lipinski definition) is 7. The van der Waals surface area contributed by atoms with Gasteiger partial charge in [-0.05, 0) is 17.7 Å². The number of aromatic nitrogens is 4. The van der Waals surface area contributed by atoms with Crippen LogP contribution < -0.4 is 16.4 Å². The fourth-order valence-corrected chi connectivity index (χ4v) is 4.09. The molecule has 1 saturated heterocycles. The lowest BCUT2D eigenvalue weighted by molar-refractivity contribution is -0.137. The number of nitrogens with two attached hydrogens (primary N) is 2. The lowest BCUT2D eigenvalue weighted by Crippen LogP contribution is -2.49. The third-order valence-corrected chi connectivity index (χ3v) is 5.75. The molecule has 8 nitrogen and oxygen atoms in total. The Morgan fingerprint density at radius 2 is 1.75 bits per heavy atom. The number of piperazine rings is 1. The lowest BCUT2D eigenvalue weighted by Gasteiger charge is -2.40. The molecule has 32 heavy (non-hydrogen) atoms. The fourth-order valence-electron chi connectivity index (χ4n) is 4.09. The molecular formula is C21H25F3N8. The van der Waals surface area contributed by atoms with Crippen molar-refractivity contribution >= 4 is 11.6 Å². The second-order valence-electron chi connectivity index (χ2n) is 7.75. The van der Waals surface area contributed by atoms with E-state index in [1.54, 1.807) is 10.9 Å². The molecule has 0 unspecified atom stereocenters. The lowest BCUT2D eigenvalue weighted by atomic mass is 10.0. The van der Waals surface area contributed by atoms with Gasteiger partial charge in [-0.1, -0.05) is 12.1 Å². The standard InChI is InChI=1S/C21H25F3N8/c1-30-12-15(11-29-30)18-19(26)27-13-28-20(18)32-8-6-31(7-9-32)17(10-25)14-2-4-16(5-3-14)21(22,23)24/h2-5,11-13,17H,6-10,25H2,1H3,(H2,26,27,28)/t17-/m1/s1. The van der Waals surface area contributed by atoms with Crippen LogP contribution in [0.25, 0.3) is 11.1 Å². The monoisotopic (exact) mass is 446 g/mol. The number of alkyl halides is 3. The Balaban J connectivity index is 1.50. The highest BCUT2D eigenvalue weighted by Crippen LogP contribution is 2.34. The van der Waals surface area contributed by atoms with Crippen LogP contribution in [0.2, 0.25) is 0 Å². The molecule has 1 fully saturated rings. The zero-order chi connectivity index (χ0) is 22.9. The quantitative estimate of drug-likeness (QED) is 0.620. The highest BCUT2D eigenvalue weighted by molar-refractivity contribution is 5.83. The van der Waals surface area contributed by atoms with E-state index in [4.69, 9.17) is 11.5 Å². The molecule has 0 radical (unpaired) electrons. The van der Waals surface area contributed by atoms with Gasteiger partial charge in [0.2, 0.25) is 0 Å². The van der Waals surface area contributed by atoms with Crippen molar-refractivity contribution in [2.45, 2.75) is 12.2 Å². The molecule has 3 aromatic rings. The molecule has 11 heteroatoms. The van der Waals surface area contributed by atoms with Crippen LogP contribution in [-0.2, 0) is 13.2 Å². The minimum Gasteiger partial charge on any atom is -0.383 e. The summed E-state index contributed by atoms with van der Waals surface area (Å²) >= 11 is 0. The van der Waals surface area contributed by atoms with Crippen molar-refractivity contribution < 1.29 is 13.2 Å². The van der Waals surface area contributed by atoms with E-state index in [1.807, 2.05) is 13.2 Å². The highest BCUT2D eigenvalue weighted by Gasteiger charge is 2.31. The van der Waals surface area contributed by atoms with Gasteiger partial charge in [-0.3, -0.25) is 9.58 Å². The van der Waals surface area contributed by atoms with Gasteiger partial charge in [0.15, 0.2) is 0 Å². The predicted molar refractivity (Wildman–Crippen MR) is 116 cm³/mol. The van der Waals surface area contributed by atoms with Gasteiger partial charge in [0.05, 0.1) is 17.3 Å². The molecule has 1 atom stereocenters. The Labute approximate surface area is 183 Å². The summed E-state index contributed by atoms with van der Waals surface area (Å²) in [5, 5.41) is 4.22. The van der Waals surface area contributed by atoms with E-state index in [0.717, 1.165) is 34.6 Å². The number of rotatable bonds is 5. The van der Waals surface area contributed by atoms with E-state index in [1.165, 1.54) is 18.5 Å². The van der Waals surface area contributed by atoms with Crippen LogP contribution in [0.15, 0.2) is 43.0 Å². The summed E-state index contributed by atoms with van der Waals surface area (Å²) in [4.78, 5) is 12.9. The Morgan fingerprint density at radius 1 is 1.06 bits per heavy atom. The van der Waals surface area contributed by atoms with Gasteiger partial charge in [-0.15, -0.1) is 0 Å². The third-order valence-electron chi connectivity index (χ3n) is 5.75. The van der Waals surface area contributed by atoms with Crippen LogP contribution >= 0.6 is 0 Å². The van der Waals surface area contributed by atoms with E-state index in [0.29, 0.717) is 38.5 Å².